The topological polar surface area (TPSA) is 71.1 Å². The number of pyridine rings is 1. The molecule has 0 bridgehead atoms. The van der Waals surface area contributed by atoms with Crippen molar-refractivity contribution in [1.29, 1.82) is 0 Å². The SMILES string of the molecule is Cc1cc(NCC(C)(C)NS(C)(=O)=O)ccn1. The Morgan fingerprint density at radius 3 is 2.59 bits per heavy atom. The third kappa shape index (κ3) is 5.65. The van der Waals surface area contributed by atoms with Crippen molar-refractivity contribution in [3.05, 3.63) is 24.0 Å². The summed E-state index contributed by atoms with van der Waals surface area (Å²) in [5, 5.41) is 3.18. The van der Waals surface area contributed by atoms with Crippen molar-refractivity contribution in [1.82, 2.24) is 9.71 Å². The molecule has 0 radical (unpaired) electrons. The molecule has 1 aromatic rings. The number of sulfonamides is 1. The molecule has 0 saturated heterocycles. The Morgan fingerprint density at radius 2 is 2.06 bits per heavy atom. The van der Waals surface area contributed by atoms with E-state index in [9.17, 15) is 8.42 Å². The van der Waals surface area contributed by atoms with Gasteiger partial charge in [-0.15, -0.1) is 0 Å². The van der Waals surface area contributed by atoms with Gasteiger partial charge in [0.05, 0.1) is 6.26 Å². The minimum atomic E-state index is -3.20. The Bertz CT molecular complexity index is 483. The van der Waals surface area contributed by atoms with Gasteiger partial charge in [0.2, 0.25) is 10.0 Å². The van der Waals surface area contributed by atoms with E-state index in [0.717, 1.165) is 17.6 Å². The molecule has 0 aliphatic heterocycles. The van der Waals surface area contributed by atoms with Crippen LogP contribution in [0.3, 0.4) is 0 Å². The predicted octanol–water partition coefficient (Wildman–Crippen LogP) is 1.13. The summed E-state index contributed by atoms with van der Waals surface area (Å²) in [6.45, 7) is 6.07. The smallest absolute Gasteiger partial charge is 0.209 e. The molecule has 0 amide bonds. The molecule has 5 nitrogen and oxygen atoms in total. The van der Waals surface area contributed by atoms with E-state index in [2.05, 4.69) is 15.0 Å². The molecule has 0 aromatic carbocycles. The molecule has 1 heterocycles. The van der Waals surface area contributed by atoms with Gasteiger partial charge in [0.1, 0.15) is 0 Å². The van der Waals surface area contributed by atoms with Crippen LogP contribution in [0.5, 0.6) is 0 Å². The van der Waals surface area contributed by atoms with E-state index in [1.165, 1.54) is 0 Å². The van der Waals surface area contributed by atoms with Gasteiger partial charge in [-0.1, -0.05) is 0 Å². The number of hydrogen-bond acceptors (Lipinski definition) is 4. The van der Waals surface area contributed by atoms with Gasteiger partial charge in [-0.05, 0) is 32.9 Å². The first kappa shape index (κ1) is 13.9. The molecule has 17 heavy (non-hydrogen) atoms. The highest BCUT2D eigenvalue weighted by atomic mass is 32.2. The number of aromatic nitrogens is 1. The van der Waals surface area contributed by atoms with Crippen molar-refractivity contribution in [3.8, 4) is 0 Å². The zero-order chi connectivity index (χ0) is 13.1. The van der Waals surface area contributed by atoms with Gasteiger partial charge in [0.15, 0.2) is 0 Å². The molecule has 1 rings (SSSR count). The second kappa shape index (κ2) is 5.01. The lowest BCUT2D eigenvalue weighted by Crippen LogP contribution is -2.47. The summed E-state index contributed by atoms with van der Waals surface area (Å²) in [5.74, 6) is 0. The monoisotopic (exact) mass is 257 g/mol. The van der Waals surface area contributed by atoms with Crippen LogP contribution in [-0.4, -0.2) is 31.7 Å². The van der Waals surface area contributed by atoms with Crippen LogP contribution in [0.1, 0.15) is 19.5 Å². The third-order valence-corrected chi connectivity index (χ3v) is 3.02. The highest BCUT2D eigenvalue weighted by molar-refractivity contribution is 7.88. The Kier molecular flexibility index (Phi) is 4.11. The Hall–Kier alpha value is -1.14. The lowest BCUT2D eigenvalue weighted by molar-refractivity contribution is 0.476. The fraction of sp³-hybridized carbons (Fsp3) is 0.545. The number of aryl methyl sites for hydroxylation is 1. The first-order valence-electron chi connectivity index (χ1n) is 5.33. The molecule has 0 aliphatic rings. The number of nitrogens with one attached hydrogen (secondary N) is 2. The molecule has 0 atom stereocenters. The largest absolute Gasteiger partial charge is 0.383 e. The summed E-state index contributed by atoms with van der Waals surface area (Å²) in [4.78, 5) is 4.09. The Labute approximate surface area is 103 Å². The van der Waals surface area contributed by atoms with E-state index >= 15 is 0 Å². The first-order chi connectivity index (χ1) is 7.68. The van der Waals surface area contributed by atoms with Crippen LogP contribution >= 0.6 is 0 Å². The molecule has 0 unspecified atom stereocenters. The molecule has 96 valence electrons. The third-order valence-electron chi connectivity index (χ3n) is 2.09. The Morgan fingerprint density at radius 1 is 1.41 bits per heavy atom. The van der Waals surface area contributed by atoms with E-state index in [1.54, 1.807) is 6.20 Å². The van der Waals surface area contributed by atoms with E-state index in [0.29, 0.717) is 6.54 Å². The quantitative estimate of drug-likeness (QED) is 0.829. The van der Waals surface area contributed by atoms with Crippen LogP contribution < -0.4 is 10.0 Å². The van der Waals surface area contributed by atoms with Crippen LogP contribution in [0, 0.1) is 6.92 Å². The standard InChI is InChI=1S/C11H19N3O2S/c1-9-7-10(5-6-12-9)13-8-11(2,3)14-17(4,15)16/h5-7,14H,8H2,1-4H3,(H,12,13). The van der Waals surface area contributed by atoms with Crippen molar-refractivity contribution >= 4 is 15.7 Å². The van der Waals surface area contributed by atoms with Gasteiger partial charge in [0, 0.05) is 29.7 Å². The van der Waals surface area contributed by atoms with Crippen molar-refractivity contribution in [3.63, 3.8) is 0 Å². The second-order valence-corrected chi connectivity index (χ2v) is 6.55. The summed E-state index contributed by atoms with van der Waals surface area (Å²) in [5.41, 5.74) is 1.31. The summed E-state index contributed by atoms with van der Waals surface area (Å²) in [6, 6.07) is 3.76. The molecule has 6 heteroatoms. The maximum Gasteiger partial charge on any atom is 0.209 e. The number of nitrogens with zero attached hydrogens (tertiary/aromatic N) is 1. The molecular formula is C11H19N3O2S. The number of hydrogen-bond donors (Lipinski definition) is 2. The van der Waals surface area contributed by atoms with Crippen molar-refractivity contribution in [2.45, 2.75) is 26.3 Å². The van der Waals surface area contributed by atoms with E-state index in [-0.39, 0.29) is 0 Å². The van der Waals surface area contributed by atoms with Crippen molar-refractivity contribution in [2.75, 3.05) is 18.1 Å². The van der Waals surface area contributed by atoms with Gasteiger partial charge in [-0.3, -0.25) is 4.98 Å². The number of rotatable bonds is 5. The van der Waals surface area contributed by atoms with Crippen molar-refractivity contribution in [2.24, 2.45) is 0 Å². The van der Waals surface area contributed by atoms with Gasteiger partial charge in [-0.2, -0.15) is 0 Å². The van der Waals surface area contributed by atoms with Crippen LogP contribution in [0.2, 0.25) is 0 Å². The molecule has 0 saturated carbocycles. The summed E-state index contributed by atoms with van der Waals surface area (Å²) < 4.78 is 24.9. The zero-order valence-electron chi connectivity index (χ0n) is 10.6. The predicted molar refractivity (Wildman–Crippen MR) is 69.5 cm³/mol. The minimum absolute atomic E-state index is 0.503. The maximum atomic E-state index is 11.2. The van der Waals surface area contributed by atoms with Gasteiger partial charge < -0.3 is 5.32 Å². The zero-order valence-corrected chi connectivity index (χ0v) is 11.4. The van der Waals surface area contributed by atoms with Gasteiger partial charge >= 0.3 is 0 Å². The average Bonchev–Trinajstić information content (AvgIpc) is 2.11. The molecule has 2 N–H and O–H groups in total. The van der Waals surface area contributed by atoms with Gasteiger partial charge in [-0.25, -0.2) is 13.1 Å². The van der Waals surface area contributed by atoms with Crippen LogP contribution in [0.15, 0.2) is 18.3 Å². The summed E-state index contributed by atoms with van der Waals surface area (Å²) in [6.07, 6.45) is 2.87. The van der Waals surface area contributed by atoms with E-state index in [4.69, 9.17) is 0 Å². The Balaban J connectivity index is 2.61. The number of anilines is 1. The van der Waals surface area contributed by atoms with Crippen LogP contribution in [0.4, 0.5) is 5.69 Å². The highest BCUT2D eigenvalue weighted by Gasteiger charge is 2.21. The summed E-state index contributed by atoms with van der Waals surface area (Å²) in [7, 11) is -3.20. The second-order valence-electron chi connectivity index (χ2n) is 4.80. The van der Waals surface area contributed by atoms with Crippen LogP contribution in [0.25, 0.3) is 0 Å². The molecule has 0 spiro atoms. The first-order valence-corrected chi connectivity index (χ1v) is 7.23. The lowest BCUT2D eigenvalue weighted by Gasteiger charge is -2.25. The van der Waals surface area contributed by atoms with Crippen molar-refractivity contribution < 1.29 is 8.42 Å². The molecule has 0 aliphatic carbocycles. The average molecular weight is 257 g/mol. The molecule has 0 fully saturated rings. The van der Waals surface area contributed by atoms with Gasteiger partial charge in [0.25, 0.3) is 0 Å². The normalized spacial score (nSPS) is 12.5. The lowest BCUT2D eigenvalue weighted by atomic mass is 10.1. The van der Waals surface area contributed by atoms with E-state index in [1.807, 2.05) is 32.9 Å². The molecule has 1 aromatic heterocycles. The fourth-order valence-electron chi connectivity index (χ4n) is 1.52. The molecular weight excluding hydrogens is 238 g/mol. The fourth-order valence-corrected chi connectivity index (χ4v) is 2.59. The maximum absolute atomic E-state index is 11.2. The summed E-state index contributed by atoms with van der Waals surface area (Å²) >= 11 is 0. The minimum Gasteiger partial charge on any atom is -0.383 e. The highest BCUT2D eigenvalue weighted by Crippen LogP contribution is 2.10. The van der Waals surface area contributed by atoms with Crippen LogP contribution in [-0.2, 0) is 10.0 Å². The van der Waals surface area contributed by atoms with E-state index < -0.39 is 15.6 Å².